The Morgan fingerprint density at radius 2 is 2.15 bits per heavy atom. The van der Waals surface area contributed by atoms with E-state index in [1.54, 1.807) is 0 Å². The molecule has 5 nitrogen and oxygen atoms in total. The van der Waals surface area contributed by atoms with Gasteiger partial charge in [-0.25, -0.2) is 4.79 Å². The zero-order valence-electron chi connectivity index (χ0n) is 14.4. The number of fused-ring (bicyclic) bond motifs is 2. The predicted octanol–water partition coefficient (Wildman–Crippen LogP) is 4.10. The molecule has 7 heteroatoms. The zero-order valence-corrected chi connectivity index (χ0v) is 15.9. The lowest BCUT2D eigenvalue weighted by Crippen LogP contribution is -2.27. The van der Waals surface area contributed by atoms with Crippen LogP contribution in [0.25, 0.3) is 0 Å². The molecule has 2 fully saturated rings. The highest BCUT2D eigenvalue weighted by Crippen LogP contribution is 2.77. The third kappa shape index (κ3) is 2.64. The zero-order chi connectivity index (χ0) is 18.4. The molecule has 1 aromatic rings. The molecule has 0 aromatic heterocycles. The number of carbonyl (C=O) groups excluding carboxylic acids is 1. The van der Waals surface area contributed by atoms with Crippen LogP contribution in [0.1, 0.15) is 30.4 Å². The van der Waals surface area contributed by atoms with Gasteiger partial charge < -0.3 is 19.5 Å². The van der Waals surface area contributed by atoms with Crippen LogP contribution in [0.15, 0.2) is 24.8 Å². The summed E-state index contributed by atoms with van der Waals surface area (Å²) >= 11 is 13.3. The summed E-state index contributed by atoms with van der Waals surface area (Å²) in [7, 11) is 0. The van der Waals surface area contributed by atoms with Crippen molar-refractivity contribution in [2.75, 3.05) is 19.9 Å². The third-order valence-corrected chi connectivity index (χ3v) is 6.88. The Bertz CT molecular complexity index is 751. The number of hydrogen-bond acceptors (Lipinski definition) is 4. The lowest BCUT2D eigenvalue weighted by Gasteiger charge is -2.21. The Morgan fingerprint density at radius 1 is 1.38 bits per heavy atom. The smallest absolute Gasteiger partial charge is 0.407 e. The first kappa shape index (κ1) is 17.8. The van der Waals surface area contributed by atoms with Crippen molar-refractivity contribution in [2.45, 2.75) is 35.4 Å². The lowest BCUT2D eigenvalue weighted by atomic mass is 9.87. The number of hydrogen-bond donors (Lipinski definition) is 1. The van der Waals surface area contributed by atoms with Crippen molar-refractivity contribution in [3.63, 3.8) is 0 Å². The minimum atomic E-state index is -0.732. The summed E-state index contributed by atoms with van der Waals surface area (Å²) in [5.41, 5.74) is 1.97. The van der Waals surface area contributed by atoms with Crippen LogP contribution in [-0.4, -0.2) is 30.4 Å². The molecule has 2 unspecified atom stereocenters. The Kier molecular flexibility index (Phi) is 4.48. The van der Waals surface area contributed by atoms with E-state index in [9.17, 15) is 4.79 Å². The van der Waals surface area contributed by atoms with E-state index >= 15 is 0 Å². The standard InChI is InChI=1S/C19H21Cl2NO4/c1-2-8-24-17(23)22-7-5-12-9-14-15(26-11-25-14)10-13(12)18-6-3-4-16(18)19(18,20)21/h2,9-10,16H,1,3-8,11H2,(H,22,23). The van der Waals surface area contributed by atoms with Gasteiger partial charge in [-0.3, -0.25) is 0 Å². The lowest BCUT2D eigenvalue weighted by molar-refractivity contribution is 0.158. The van der Waals surface area contributed by atoms with E-state index in [0.717, 1.165) is 41.9 Å². The maximum absolute atomic E-state index is 11.6. The molecule has 2 saturated carbocycles. The van der Waals surface area contributed by atoms with Gasteiger partial charge in [0.05, 0.1) is 0 Å². The highest BCUT2D eigenvalue weighted by atomic mass is 35.5. The van der Waals surface area contributed by atoms with Crippen molar-refractivity contribution in [3.05, 3.63) is 35.9 Å². The summed E-state index contributed by atoms with van der Waals surface area (Å²) in [6, 6.07) is 4.01. The first-order valence-electron chi connectivity index (χ1n) is 8.83. The van der Waals surface area contributed by atoms with Crippen LogP contribution in [0.2, 0.25) is 0 Å². The van der Waals surface area contributed by atoms with Gasteiger partial charge in [0, 0.05) is 17.9 Å². The van der Waals surface area contributed by atoms with Crippen LogP contribution in [-0.2, 0) is 16.6 Å². The fraction of sp³-hybridized carbons (Fsp3) is 0.526. The Balaban J connectivity index is 1.56. The Hall–Kier alpha value is -1.59. The minimum absolute atomic E-state index is 0.187. The van der Waals surface area contributed by atoms with Gasteiger partial charge in [-0.2, -0.15) is 0 Å². The average Bonchev–Trinajstić information content (AvgIpc) is 3.08. The third-order valence-electron chi connectivity index (χ3n) is 5.68. The molecule has 2 aliphatic carbocycles. The van der Waals surface area contributed by atoms with E-state index in [1.807, 2.05) is 12.1 Å². The summed E-state index contributed by atoms with van der Waals surface area (Å²) in [6.07, 6.45) is 4.82. The number of ether oxygens (including phenoxy) is 3. The maximum Gasteiger partial charge on any atom is 0.407 e. The first-order chi connectivity index (χ1) is 12.5. The maximum atomic E-state index is 11.6. The van der Waals surface area contributed by atoms with Gasteiger partial charge in [-0.05, 0) is 42.5 Å². The molecule has 2 atom stereocenters. The van der Waals surface area contributed by atoms with Crippen LogP contribution in [0.3, 0.4) is 0 Å². The number of nitrogens with one attached hydrogen (secondary N) is 1. The number of benzene rings is 1. The fourth-order valence-corrected chi connectivity index (χ4v) is 5.62. The SMILES string of the molecule is C=CCOC(=O)NCCc1cc2c(cc1C13CCCC1C3(Cl)Cl)OCO2. The molecule has 1 aromatic carbocycles. The second-order valence-electron chi connectivity index (χ2n) is 6.97. The molecule has 0 saturated heterocycles. The highest BCUT2D eigenvalue weighted by molar-refractivity contribution is 6.52. The molecule has 1 N–H and O–H groups in total. The van der Waals surface area contributed by atoms with Gasteiger partial charge in [0.15, 0.2) is 11.5 Å². The van der Waals surface area contributed by atoms with Crippen LogP contribution in [0.4, 0.5) is 4.79 Å². The van der Waals surface area contributed by atoms with Gasteiger partial charge in [0.2, 0.25) is 6.79 Å². The van der Waals surface area contributed by atoms with Gasteiger partial charge >= 0.3 is 6.09 Å². The largest absolute Gasteiger partial charge is 0.454 e. The van der Waals surface area contributed by atoms with Gasteiger partial charge in [-0.1, -0.05) is 19.1 Å². The monoisotopic (exact) mass is 397 g/mol. The summed E-state index contributed by atoms with van der Waals surface area (Å²) in [6.45, 7) is 4.37. The summed E-state index contributed by atoms with van der Waals surface area (Å²) < 4.78 is 15.3. The van der Waals surface area contributed by atoms with Crippen molar-refractivity contribution in [3.8, 4) is 11.5 Å². The van der Waals surface area contributed by atoms with Gasteiger partial charge in [0.1, 0.15) is 10.9 Å². The molecule has 0 bridgehead atoms. The number of amides is 1. The molecule has 0 radical (unpaired) electrons. The van der Waals surface area contributed by atoms with Gasteiger partial charge in [0.25, 0.3) is 0 Å². The van der Waals surface area contributed by atoms with Crippen LogP contribution in [0.5, 0.6) is 11.5 Å². The summed E-state index contributed by atoms with van der Waals surface area (Å²) in [5, 5.41) is 2.75. The minimum Gasteiger partial charge on any atom is -0.454 e. The Morgan fingerprint density at radius 3 is 2.85 bits per heavy atom. The molecule has 140 valence electrons. The van der Waals surface area contributed by atoms with Crippen molar-refractivity contribution in [1.82, 2.24) is 5.32 Å². The number of carbonyl (C=O) groups is 1. The van der Waals surface area contributed by atoms with E-state index in [1.165, 1.54) is 6.08 Å². The van der Waals surface area contributed by atoms with E-state index in [-0.39, 0.29) is 24.7 Å². The molecule has 26 heavy (non-hydrogen) atoms. The summed E-state index contributed by atoms with van der Waals surface area (Å²) in [5.74, 6) is 1.72. The second-order valence-corrected chi connectivity index (χ2v) is 8.35. The molecule has 0 spiro atoms. The van der Waals surface area contributed by atoms with E-state index in [0.29, 0.717) is 13.0 Å². The molecule has 1 aliphatic heterocycles. The van der Waals surface area contributed by atoms with E-state index < -0.39 is 10.4 Å². The molecule has 1 heterocycles. The van der Waals surface area contributed by atoms with E-state index in [4.69, 9.17) is 37.4 Å². The van der Waals surface area contributed by atoms with Crippen LogP contribution >= 0.6 is 23.2 Å². The van der Waals surface area contributed by atoms with Crippen molar-refractivity contribution in [2.24, 2.45) is 5.92 Å². The molecule has 1 amide bonds. The van der Waals surface area contributed by atoms with Crippen molar-refractivity contribution in [1.29, 1.82) is 0 Å². The number of alkyl carbamates (subject to hydrolysis) is 1. The van der Waals surface area contributed by atoms with Crippen LogP contribution in [0, 0.1) is 5.92 Å². The highest BCUT2D eigenvalue weighted by Gasteiger charge is 2.78. The summed E-state index contributed by atoms with van der Waals surface area (Å²) in [4.78, 5) is 11.6. The molecule has 4 rings (SSSR count). The average molecular weight is 398 g/mol. The quantitative estimate of drug-likeness (QED) is 0.579. The topological polar surface area (TPSA) is 56.8 Å². The van der Waals surface area contributed by atoms with Crippen molar-refractivity contribution >= 4 is 29.3 Å². The van der Waals surface area contributed by atoms with Crippen LogP contribution < -0.4 is 14.8 Å². The van der Waals surface area contributed by atoms with Crippen molar-refractivity contribution < 1.29 is 19.0 Å². The fourth-order valence-electron chi connectivity index (χ4n) is 4.48. The number of alkyl halides is 2. The second kappa shape index (κ2) is 6.54. The van der Waals surface area contributed by atoms with Gasteiger partial charge in [-0.15, -0.1) is 23.2 Å². The molecular weight excluding hydrogens is 377 g/mol. The number of rotatable bonds is 6. The Labute approximate surface area is 162 Å². The van der Waals surface area contributed by atoms with E-state index in [2.05, 4.69) is 11.9 Å². The molecule has 3 aliphatic rings. The predicted molar refractivity (Wildman–Crippen MR) is 99.3 cm³/mol. The first-order valence-corrected chi connectivity index (χ1v) is 9.58. The number of halogens is 2. The normalized spacial score (nSPS) is 26.9. The molecular formula is C19H21Cl2NO4.